The van der Waals surface area contributed by atoms with Gasteiger partial charge in [0, 0.05) is 15.8 Å². The van der Waals surface area contributed by atoms with Gasteiger partial charge in [0.15, 0.2) is 5.69 Å². The molecule has 1 aliphatic rings. The van der Waals surface area contributed by atoms with E-state index in [4.69, 9.17) is 11.4 Å². The molecule has 1 saturated carbocycles. The van der Waals surface area contributed by atoms with E-state index in [2.05, 4.69) is 9.94 Å². The average molecular weight is 378 g/mol. The number of aromatic nitrogens is 2. The Morgan fingerprint density at radius 2 is 1.78 bits per heavy atom. The van der Waals surface area contributed by atoms with Gasteiger partial charge in [0.05, 0.1) is 27.6 Å². The van der Waals surface area contributed by atoms with E-state index in [1.54, 1.807) is 48.5 Å². The second kappa shape index (κ2) is 6.25. The van der Waals surface area contributed by atoms with Gasteiger partial charge in [-0.05, 0) is 49.6 Å². The molecule has 136 valence electrons. The summed E-state index contributed by atoms with van der Waals surface area (Å²) in [7, 11) is -2.75. The maximum atomic E-state index is 12.9. The monoisotopic (exact) mass is 378 g/mol. The topological polar surface area (TPSA) is 83.1 Å². The van der Waals surface area contributed by atoms with Crippen molar-refractivity contribution in [1.82, 2.24) is 9.78 Å². The van der Waals surface area contributed by atoms with Gasteiger partial charge >= 0.3 is 0 Å². The molecular formula is C20H18N4O2S. The molecule has 2 N–H and O–H groups in total. The molecular weight excluding hydrogens is 360 g/mol. The van der Waals surface area contributed by atoms with E-state index in [-0.39, 0.29) is 10.8 Å². The predicted octanol–water partition coefficient (Wildman–Crippen LogP) is 4.26. The lowest BCUT2D eigenvalue weighted by Crippen LogP contribution is -2.16. The molecule has 0 spiro atoms. The largest absolute Gasteiger partial charge is 0.295 e. The van der Waals surface area contributed by atoms with Crippen LogP contribution in [0.5, 0.6) is 0 Å². The molecule has 3 aromatic rings. The van der Waals surface area contributed by atoms with Crippen LogP contribution in [0, 0.1) is 18.3 Å². The van der Waals surface area contributed by atoms with Crippen molar-refractivity contribution in [3.8, 4) is 16.8 Å². The number of H-pyrrole nitrogens is 1. The minimum atomic E-state index is -2.75. The third kappa shape index (κ3) is 2.98. The lowest BCUT2D eigenvalue weighted by atomic mass is 10.1. The van der Waals surface area contributed by atoms with Crippen molar-refractivity contribution in [2.24, 2.45) is 0 Å². The molecule has 7 heteroatoms. The number of aromatic amines is 1. The van der Waals surface area contributed by atoms with E-state index >= 15 is 0 Å². The molecule has 0 saturated heterocycles. The Hall–Kier alpha value is -3.11. The fraction of sp³-hybridized carbons (Fsp3) is 0.200. The van der Waals surface area contributed by atoms with Crippen LogP contribution in [-0.4, -0.2) is 19.2 Å². The van der Waals surface area contributed by atoms with E-state index in [9.17, 15) is 9.00 Å². The van der Waals surface area contributed by atoms with Crippen LogP contribution in [0.1, 0.15) is 18.5 Å². The van der Waals surface area contributed by atoms with Crippen molar-refractivity contribution >= 4 is 15.4 Å². The SMILES string of the molecule is [C-]#[N+]c1ccc(-c2c(C)[nH]n(-c3ccc([S@@](=N)(=O)C4CC4)cc3)c2=O)cc1. The van der Waals surface area contributed by atoms with Crippen molar-refractivity contribution in [1.29, 1.82) is 4.78 Å². The van der Waals surface area contributed by atoms with Crippen LogP contribution < -0.4 is 5.56 Å². The second-order valence-electron chi connectivity index (χ2n) is 6.70. The van der Waals surface area contributed by atoms with E-state index in [1.165, 1.54) is 4.68 Å². The van der Waals surface area contributed by atoms with Crippen molar-refractivity contribution in [3.63, 3.8) is 0 Å². The summed E-state index contributed by atoms with van der Waals surface area (Å²) in [6.45, 7) is 8.86. The van der Waals surface area contributed by atoms with Crippen LogP contribution in [-0.2, 0) is 9.73 Å². The summed E-state index contributed by atoms with van der Waals surface area (Å²) >= 11 is 0. The Morgan fingerprint density at radius 1 is 1.15 bits per heavy atom. The van der Waals surface area contributed by atoms with Crippen LogP contribution in [0.3, 0.4) is 0 Å². The molecule has 1 fully saturated rings. The Morgan fingerprint density at radius 3 is 2.33 bits per heavy atom. The van der Waals surface area contributed by atoms with E-state index in [0.717, 1.165) is 24.1 Å². The quantitative estimate of drug-likeness (QED) is 0.665. The average Bonchev–Trinajstić information content (AvgIpc) is 3.49. The van der Waals surface area contributed by atoms with Gasteiger partial charge in [-0.3, -0.25) is 9.89 Å². The molecule has 27 heavy (non-hydrogen) atoms. The fourth-order valence-corrected chi connectivity index (χ4v) is 4.89. The Labute approximate surface area is 157 Å². The highest BCUT2D eigenvalue weighted by Crippen LogP contribution is 2.34. The lowest BCUT2D eigenvalue weighted by molar-refractivity contribution is 0.673. The number of benzene rings is 2. The van der Waals surface area contributed by atoms with Gasteiger partial charge in [-0.15, -0.1) is 0 Å². The first-order chi connectivity index (χ1) is 12.9. The molecule has 1 heterocycles. The van der Waals surface area contributed by atoms with Gasteiger partial charge in [0.25, 0.3) is 5.56 Å². The Kier molecular flexibility index (Phi) is 4.01. The summed E-state index contributed by atoms with van der Waals surface area (Å²) in [6, 6.07) is 13.7. The number of aryl methyl sites for hydroxylation is 1. The molecule has 1 aliphatic carbocycles. The number of nitrogens with zero attached hydrogens (tertiary/aromatic N) is 2. The summed E-state index contributed by atoms with van der Waals surface area (Å²) in [6.07, 6.45) is 1.68. The highest BCUT2D eigenvalue weighted by Gasteiger charge is 2.33. The molecule has 4 rings (SSSR count). The number of nitrogens with one attached hydrogen (secondary N) is 2. The van der Waals surface area contributed by atoms with Gasteiger partial charge in [-0.1, -0.05) is 24.3 Å². The molecule has 0 bridgehead atoms. The van der Waals surface area contributed by atoms with Crippen molar-refractivity contribution in [2.45, 2.75) is 29.9 Å². The third-order valence-electron chi connectivity index (χ3n) is 4.80. The van der Waals surface area contributed by atoms with Crippen LogP contribution in [0.4, 0.5) is 5.69 Å². The summed E-state index contributed by atoms with van der Waals surface area (Å²) in [5, 5.41) is 3.04. The number of hydrogen-bond acceptors (Lipinski definition) is 3. The summed E-state index contributed by atoms with van der Waals surface area (Å²) in [5.41, 5.74) is 2.99. The van der Waals surface area contributed by atoms with Crippen molar-refractivity contribution in [3.05, 3.63) is 76.0 Å². The van der Waals surface area contributed by atoms with Gasteiger partial charge in [0.1, 0.15) is 0 Å². The van der Waals surface area contributed by atoms with E-state index in [0.29, 0.717) is 21.8 Å². The van der Waals surface area contributed by atoms with E-state index < -0.39 is 9.73 Å². The normalized spacial score (nSPS) is 15.9. The van der Waals surface area contributed by atoms with Crippen molar-refractivity contribution < 1.29 is 4.21 Å². The molecule has 0 amide bonds. The fourth-order valence-electron chi connectivity index (χ4n) is 3.16. The highest BCUT2D eigenvalue weighted by molar-refractivity contribution is 7.93. The van der Waals surface area contributed by atoms with Gasteiger partial charge in [0.2, 0.25) is 0 Å². The third-order valence-corrected chi connectivity index (χ3v) is 7.18. The zero-order valence-corrected chi connectivity index (χ0v) is 15.5. The minimum Gasteiger partial charge on any atom is -0.295 e. The minimum absolute atomic E-state index is 0.0381. The summed E-state index contributed by atoms with van der Waals surface area (Å²) in [4.78, 5) is 16.8. The van der Waals surface area contributed by atoms with Crippen LogP contribution in [0.2, 0.25) is 0 Å². The maximum absolute atomic E-state index is 12.9. The van der Waals surface area contributed by atoms with Crippen molar-refractivity contribution in [2.75, 3.05) is 0 Å². The molecule has 0 aliphatic heterocycles. The number of hydrogen-bond donors (Lipinski definition) is 2. The van der Waals surface area contributed by atoms with Crippen LogP contribution >= 0.6 is 0 Å². The smallest absolute Gasteiger partial charge is 0.279 e. The highest BCUT2D eigenvalue weighted by atomic mass is 32.2. The molecule has 0 unspecified atom stereocenters. The lowest BCUT2D eigenvalue weighted by Gasteiger charge is -2.07. The second-order valence-corrected chi connectivity index (χ2v) is 9.04. The summed E-state index contributed by atoms with van der Waals surface area (Å²) in [5.74, 6) is 0. The first-order valence-corrected chi connectivity index (χ1v) is 10.2. The molecule has 1 aromatic heterocycles. The molecule has 6 nitrogen and oxygen atoms in total. The first-order valence-electron chi connectivity index (χ1n) is 8.59. The van der Waals surface area contributed by atoms with Gasteiger partial charge in [-0.25, -0.2) is 18.5 Å². The predicted molar refractivity (Wildman–Crippen MR) is 105 cm³/mol. The Balaban J connectivity index is 1.73. The Bertz CT molecular complexity index is 1210. The van der Waals surface area contributed by atoms with Crippen LogP contribution in [0.15, 0.2) is 58.2 Å². The van der Waals surface area contributed by atoms with E-state index in [1.807, 2.05) is 6.92 Å². The zero-order valence-electron chi connectivity index (χ0n) is 14.7. The maximum Gasteiger partial charge on any atom is 0.279 e. The first kappa shape index (κ1) is 17.3. The molecule has 1 atom stereocenters. The van der Waals surface area contributed by atoms with Gasteiger partial charge < -0.3 is 0 Å². The molecule has 2 aromatic carbocycles. The molecule has 0 radical (unpaired) electrons. The number of rotatable bonds is 4. The zero-order chi connectivity index (χ0) is 19.2. The summed E-state index contributed by atoms with van der Waals surface area (Å²) < 4.78 is 22.1. The van der Waals surface area contributed by atoms with Gasteiger partial charge in [-0.2, -0.15) is 0 Å². The van der Waals surface area contributed by atoms with Crippen LogP contribution in [0.25, 0.3) is 21.7 Å². The standard InChI is InChI=1S/C20H18N4O2S/c1-13-19(14-3-5-15(22-2)6-4-14)20(25)24(23-13)16-7-9-17(10-8-16)27(21,26)18-11-12-18/h3-10,18,21,23H,11-12H2,1H3/t27-/m1/s1.